The van der Waals surface area contributed by atoms with Gasteiger partial charge in [-0.25, -0.2) is 0 Å². The minimum absolute atomic E-state index is 0.0187. The van der Waals surface area contributed by atoms with Gasteiger partial charge in [0, 0.05) is 29.2 Å². The number of nitrogens with zero attached hydrogens (tertiary/aromatic N) is 3. The van der Waals surface area contributed by atoms with Gasteiger partial charge in [0.25, 0.3) is 5.91 Å². The Labute approximate surface area is 197 Å². The molecule has 0 spiro atoms. The predicted octanol–water partition coefficient (Wildman–Crippen LogP) is 4.83. The van der Waals surface area contributed by atoms with Crippen LogP contribution in [0.5, 0.6) is 17.2 Å². The van der Waals surface area contributed by atoms with Crippen LogP contribution >= 0.6 is 11.6 Å². The number of carbonyl (C=O) groups is 1. The zero-order valence-corrected chi connectivity index (χ0v) is 19.6. The molecule has 0 N–H and O–H groups in total. The van der Waals surface area contributed by atoms with E-state index < -0.39 is 0 Å². The lowest BCUT2D eigenvalue weighted by molar-refractivity contribution is 0.0568. The Kier molecular flexibility index (Phi) is 7.03. The first-order valence-electron chi connectivity index (χ1n) is 11.0. The Morgan fingerprint density at radius 1 is 1.06 bits per heavy atom. The number of rotatable bonds is 9. The van der Waals surface area contributed by atoms with Gasteiger partial charge in [0.05, 0.1) is 25.7 Å². The Morgan fingerprint density at radius 3 is 2.33 bits per heavy atom. The second kappa shape index (κ2) is 10.1. The van der Waals surface area contributed by atoms with Crippen molar-refractivity contribution in [2.45, 2.75) is 26.7 Å². The lowest BCUT2D eigenvalue weighted by Crippen LogP contribution is -2.48. The molecule has 174 valence electrons. The third-order valence-corrected chi connectivity index (χ3v) is 5.43. The second-order valence-electron chi connectivity index (χ2n) is 7.47. The van der Waals surface area contributed by atoms with E-state index in [1.54, 1.807) is 29.2 Å². The molecule has 1 aliphatic heterocycles. The summed E-state index contributed by atoms with van der Waals surface area (Å²) in [5.41, 5.74) is 1.26. The first kappa shape index (κ1) is 22.9. The number of amides is 1. The Hall–Kier alpha value is -3.26. The Bertz CT molecular complexity index is 1100. The van der Waals surface area contributed by atoms with E-state index in [9.17, 15) is 4.79 Å². The van der Waals surface area contributed by atoms with Gasteiger partial charge in [-0.15, -0.1) is 0 Å². The summed E-state index contributed by atoms with van der Waals surface area (Å²) >= 11 is 6.05. The maximum absolute atomic E-state index is 13.1. The first-order chi connectivity index (χ1) is 16.0. The van der Waals surface area contributed by atoms with Crippen LogP contribution in [0, 0.1) is 0 Å². The van der Waals surface area contributed by atoms with Crippen LogP contribution in [0.2, 0.25) is 5.02 Å². The topological polar surface area (TPSA) is 86.9 Å². The highest BCUT2D eigenvalue weighted by molar-refractivity contribution is 6.30. The molecule has 2 aromatic carbocycles. The van der Waals surface area contributed by atoms with Crippen LogP contribution in [0.15, 0.2) is 40.9 Å². The lowest BCUT2D eigenvalue weighted by Gasteiger charge is -2.37. The number of hydrogen-bond donors (Lipinski definition) is 0. The zero-order chi connectivity index (χ0) is 23.4. The number of likely N-dealkylation sites (tertiary alicyclic amines) is 1. The highest BCUT2D eigenvalue weighted by atomic mass is 35.5. The molecule has 2 heterocycles. The molecule has 0 atom stereocenters. The quantitative estimate of drug-likeness (QED) is 0.442. The molecule has 33 heavy (non-hydrogen) atoms. The SMILES string of the molecule is CCOc1cc(C(=O)N2CC(c3nc(-c4cccc(Cl)c4)no3)C2)cc(OCC)c1OCC. The number of carbonyl (C=O) groups excluding carboxylic acids is 1. The molecule has 0 saturated carbocycles. The molecule has 0 radical (unpaired) electrons. The molecule has 1 saturated heterocycles. The molecule has 8 nitrogen and oxygen atoms in total. The van der Waals surface area contributed by atoms with E-state index in [2.05, 4.69) is 10.1 Å². The summed E-state index contributed by atoms with van der Waals surface area (Å²) in [5, 5.41) is 4.66. The van der Waals surface area contributed by atoms with Crippen LogP contribution in [-0.2, 0) is 0 Å². The largest absolute Gasteiger partial charge is 0.490 e. The molecule has 3 aromatic rings. The van der Waals surface area contributed by atoms with Gasteiger partial charge in [0.15, 0.2) is 11.5 Å². The van der Waals surface area contributed by atoms with E-state index in [0.29, 0.717) is 72.5 Å². The lowest BCUT2D eigenvalue weighted by atomic mass is 9.98. The monoisotopic (exact) mass is 471 g/mol. The van der Waals surface area contributed by atoms with Gasteiger partial charge in [-0.1, -0.05) is 28.9 Å². The number of hydrogen-bond acceptors (Lipinski definition) is 7. The average molecular weight is 472 g/mol. The van der Waals surface area contributed by atoms with Crippen LogP contribution in [0.3, 0.4) is 0 Å². The standard InChI is InChI=1S/C24H26ClN3O5/c1-4-30-19-11-16(12-20(31-5-2)21(19)32-6-3)24(29)28-13-17(14-28)23-26-22(27-33-23)15-8-7-9-18(25)10-15/h7-12,17H,4-6,13-14H2,1-3H3. The Balaban J connectivity index is 1.48. The van der Waals surface area contributed by atoms with Gasteiger partial charge in [0.1, 0.15) is 0 Å². The van der Waals surface area contributed by atoms with Crippen LogP contribution < -0.4 is 14.2 Å². The number of ether oxygens (including phenoxy) is 3. The first-order valence-corrected chi connectivity index (χ1v) is 11.4. The maximum atomic E-state index is 13.1. The van der Waals surface area contributed by atoms with Crippen molar-refractivity contribution in [2.75, 3.05) is 32.9 Å². The number of halogens is 1. The average Bonchev–Trinajstić information content (AvgIpc) is 3.25. The summed E-state index contributed by atoms with van der Waals surface area (Å²) in [6.07, 6.45) is 0. The third-order valence-electron chi connectivity index (χ3n) is 5.20. The predicted molar refractivity (Wildman–Crippen MR) is 123 cm³/mol. The van der Waals surface area contributed by atoms with Gasteiger partial charge < -0.3 is 23.6 Å². The van der Waals surface area contributed by atoms with Crippen LogP contribution in [0.25, 0.3) is 11.4 Å². The van der Waals surface area contributed by atoms with Crippen molar-refractivity contribution in [1.29, 1.82) is 0 Å². The minimum Gasteiger partial charge on any atom is -0.490 e. The molecular weight excluding hydrogens is 446 g/mol. The summed E-state index contributed by atoms with van der Waals surface area (Å²) < 4.78 is 22.6. The fourth-order valence-electron chi connectivity index (χ4n) is 3.64. The zero-order valence-electron chi connectivity index (χ0n) is 18.8. The van der Waals surface area contributed by atoms with E-state index >= 15 is 0 Å². The normalized spacial score (nSPS) is 13.5. The molecule has 4 rings (SSSR count). The van der Waals surface area contributed by atoms with Crippen molar-refractivity contribution in [3.8, 4) is 28.6 Å². The fourth-order valence-corrected chi connectivity index (χ4v) is 3.83. The molecular formula is C24H26ClN3O5. The number of aromatic nitrogens is 2. The van der Waals surface area contributed by atoms with Gasteiger partial charge in [-0.05, 0) is 45.0 Å². The molecule has 0 unspecified atom stereocenters. The molecule has 0 aliphatic carbocycles. The van der Waals surface area contributed by atoms with E-state index in [-0.39, 0.29) is 11.8 Å². The smallest absolute Gasteiger partial charge is 0.254 e. The number of benzene rings is 2. The summed E-state index contributed by atoms with van der Waals surface area (Å²) in [6.45, 7) is 7.97. The summed E-state index contributed by atoms with van der Waals surface area (Å²) in [6, 6.07) is 10.7. The molecule has 0 bridgehead atoms. The highest BCUT2D eigenvalue weighted by Crippen LogP contribution is 2.40. The Morgan fingerprint density at radius 2 is 1.73 bits per heavy atom. The van der Waals surface area contributed by atoms with Crippen molar-refractivity contribution in [1.82, 2.24) is 15.0 Å². The van der Waals surface area contributed by atoms with Gasteiger partial charge in [-0.2, -0.15) is 4.98 Å². The molecule has 9 heteroatoms. The molecule has 1 fully saturated rings. The minimum atomic E-state index is -0.120. The second-order valence-corrected chi connectivity index (χ2v) is 7.91. The highest BCUT2D eigenvalue weighted by Gasteiger charge is 2.36. The van der Waals surface area contributed by atoms with Crippen molar-refractivity contribution < 1.29 is 23.5 Å². The van der Waals surface area contributed by atoms with Gasteiger partial charge in [0.2, 0.25) is 17.5 Å². The molecule has 1 amide bonds. The van der Waals surface area contributed by atoms with Crippen molar-refractivity contribution in [3.05, 3.63) is 52.9 Å². The van der Waals surface area contributed by atoms with Crippen LogP contribution in [0.1, 0.15) is 42.9 Å². The summed E-state index contributed by atoms with van der Waals surface area (Å²) in [7, 11) is 0. The molecule has 1 aromatic heterocycles. The maximum Gasteiger partial charge on any atom is 0.254 e. The summed E-state index contributed by atoms with van der Waals surface area (Å²) in [4.78, 5) is 19.4. The molecule has 1 aliphatic rings. The van der Waals surface area contributed by atoms with Gasteiger partial charge >= 0.3 is 0 Å². The van der Waals surface area contributed by atoms with Crippen molar-refractivity contribution in [3.63, 3.8) is 0 Å². The van der Waals surface area contributed by atoms with Crippen LogP contribution in [-0.4, -0.2) is 53.9 Å². The van der Waals surface area contributed by atoms with Gasteiger partial charge in [-0.3, -0.25) is 4.79 Å². The summed E-state index contributed by atoms with van der Waals surface area (Å²) in [5.74, 6) is 2.35. The van der Waals surface area contributed by atoms with Crippen molar-refractivity contribution >= 4 is 17.5 Å². The van der Waals surface area contributed by atoms with Crippen molar-refractivity contribution in [2.24, 2.45) is 0 Å². The van der Waals surface area contributed by atoms with E-state index in [0.717, 1.165) is 5.56 Å². The van der Waals surface area contributed by atoms with Crippen LogP contribution in [0.4, 0.5) is 0 Å². The fraction of sp³-hybridized carbons (Fsp3) is 0.375. The van der Waals surface area contributed by atoms with E-state index in [4.69, 9.17) is 30.3 Å². The van der Waals surface area contributed by atoms with E-state index in [1.165, 1.54) is 0 Å². The van der Waals surface area contributed by atoms with E-state index in [1.807, 2.05) is 32.9 Å². The third kappa shape index (κ3) is 4.90.